The average Bonchev–Trinajstić information content (AvgIpc) is 3.06. The van der Waals surface area contributed by atoms with Crippen LogP contribution in [0.2, 0.25) is 10.0 Å². The zero-order chi connectivity index (χ0) is 20.3. The number of benzene rings is 2. The molecule has 0 bridgehead atoms. The number of aromatic nitrogens is 2. The lowest BCUT2D eigenvalue weighted by atomic mass is 10.1. The van der Waals surface area contributed by atoms with E-state index in [2.05, 4.69) is 24.8 Å². The minimum absolute atomic E-state index is 0.0599. The van der Waals surface area contributed by atoms with Gasteiger partial charge in [0.15, 0.2) is 0 Å². The Balaban J connectivity index is 2.20. The Morgan fingerprint density at radius 1 is 1.14 bits per heavy atom. The molecule has 150 valence electrons. The lowest BCUT2D eigenvalue weighted by Gasteiger charge is -2.23. The lowest BCUT2D eigenvalue weighted by molar-refractivity contribution is 0.203. The van der Waals surface area contributed by atoms with Gasteiger partial charge in [-0.3, -0.25) is 0 Å². The Hall–Kier alpha value is -1.79. The lowest BCUT2D eigenvalue weighted by Crippen LogP contribution is -2.23. The molecule has 0 aliphatic carbocycles. The summed E-state index contributed by atoms with van der Waals surface area (Å²) in [6.07, 6.45) is -0.438. The number of imidazole rings is 1. The van der Waals surface area contributed by atoms with Crippen LogP contribution in [0.5, 0.6) is 0 Å². The van der Waals surface area contributed by atoms with Gasteiger partial charge in [0.1, 0.15) is 11.9 Å². The number of hydrogen-bond donors (Lipinski definition) is 2. The van der Waals surface area contributed by atoms with Crippen LogP contribution in [0.3, 0.4) is 0 Å². The van der Waals surface area contributed by atoms with Gasteiger partial charge in [0.25, 0.3) is 0 Å². The van der Waals surface area contributed by atoms with Crippen molar-refractivity contribution in [3.8, 4) is 0 Å². The Labute approximate surface area is 175 Å². The van der Waals surface area contributed by atoms with Crippen LogP contribution in [0, 0.1) is 0 Å². The van der Waals surface area contributed by atoms with Crippen LogP contribution in [0.1, 0.15) is 37.8 Å². The van der Waals surface area contributed by atoms with E-state index in [1.807, 2.05) is 16.7 Å². The quantitative estimate of drug-likeness (QED) is 0.555. The number of aryl methyl sites for hydroxylation is 1. The number of nitrogens with zero attached hydrogens (tertiary/aromatic N) is 3. The van der Waals surface area contributed by atoms with E-state index < -0.39 is 6.10 Å². The summed E-state index contributed by atoms with van der Waals surface area (Å²) in [5.41, 5.74) is 3.38. The van der Waals surface area contributed by atoms with Gasteiger partial charge in [0, 0.05) is 41.8 Å². The van der Waals surface area contributed by atoms with Gasteiger partial charge in [-0.1, -0.05) is 35.3 Å². The molecule has 0 aliphatic rings. The standard InChI is InChI=1S/C21H25Cl2N3O2/c1-3-25(4-2)18-8-5-7-17-19(18)26(11-6-12-27)21(24-17)20(28)15-10-9-14(22)13-16(15)23/h5,7-10,13,20,27-28H,3-4,6,11-12H2,1-2H3. The van der Waals surface area contributed by atoms with E-state index in [-0.39, 0.29) is 6.61 Å². The molecule has 0 saturated carbocycles. The summed E-state index contributed by atoms with van der Waals surface area (Å²) in [5, 5.41) is 21.4. The summed E-state index contributed by atoms with van der Waals surface area (Å²) in [5.74, 6) is 0.507. The van der Waals surface area contributed by atoms with Gasteiger partial charge in [-0.25, -0.2) is 4.98 Å². The summed E-state index contributed by atoms with van der Waals surface area (Å²) >= 11 is 12.3. The SMILES string of the molecule is CCN(CC)c1cccc2nc(C(O)c3ccc(Cl)cc3Cl)n(CCCO)c12. The minimum Gasteiger partial charge on any atom is -0.396 e. The Morgan fingerprint density at radius 3 is 2.54 bits per heavy atom. The number of halogens is 2. The summed E-state index contributed by atoms with van der Waals surface area (Å²) in [6.45, 7) is 6.55. The van der Waals surface area contributed by atoms with Crippen LogP contribution in [0.4, 0.5) is 5.69 Å². The second-order valence-electron chi connectivity index (χ2n) is 6.58. The Bertz CT molecular complexity index is 954. The summed E-state index contributed by atoms with van der Waals surface area (Å²) < 4.78 is 1.99. The van der Waals surface area contributed by atoms with E-state index in [0.717, 1.165) is 29.8 Å². The number of anilines is 1. The van der Waals surface area contributed by atoms with Gasteiger partial charge in [-0.05, 0) is 44.5 Å². The third-order valence-electron chi connectivity index (χ3n) is 4.92. The first-order valence-electron chi connectivity index (χ1n) is 9.49. The monoisotopic (exact) mass is 421 g/mol. The smallest absolute Gasteiger partial charge is 0.143 e. The molecule has 2 N–H and O–H groups in total. The number of aliphatic hydroxyl groups is 2. The Morgan fingerprint density at radius 2 is 1.89 bits per heavy atom. The van der Waals surface area contributed by atoms with Crippen LogP contribution >= 0.6 is 23.2 Å². The third kappa shape index (κ3) is 3.98. The largest absolute Gasteiger partial charge is 0.396 e. The molecule has 0 fully saturated rings. The van der Waals surface area contributed by atoms with Gasteiger partial charge in [-0.2, -0.15) is 0 Å². The predicted octanol–water partition coefficient (Wildman–Crippen LogP) is 4.65. The molecule has 0 spiro atoms. The highest BCUT2D eigenvalue weighted by molar-refractivity contribution is 6.35. The fourth-order valence-electron chi connectivity index (χ4n) is 3.53. The molecule has 0 saturated heterocycles. The van der Waals surface area contributed by atoms with Gasteiger partial charge >= 0.3 is 0 Å². The molecule has 1 unspecified atom stereocenters. The maximum absolute atomic E-state index is 11.1. The number of fused-ring (bicyclic) bond motifs is 1. The molecule has 1 aromatic heterocycles. The maximum atomic E-state index is 11.1. The summed E-state index contributed by atoms with van der Waals surface area (Å²) in [4.78, 5) is 6.98. The van der Waals surface area contributed by atoms with E-state index in [4.69, 9.17) is 28.2 Å². The topological polar surface area (TPSA) is 61.5 Å². The van der Waals surface area contributed by atoms with E-state index in [1.54, 1.807) is 18.2 Å². The van der Waals surface area contributed by atoms with E-state index in [0.29, 0.717) is 34.4 Å². The van der Waals surface area contributed by atoms with E-state index in [1.165, 1.54) is 0 Å². The van der Waals surface area contributed by atoms with Crippen molar-refractivity contribution in [2.75, 3.05) is 24.6 Å². The molecule has 1 heterocycles. The predicted molar refractivity (Wildman–Crippen MR) is 116 cm³/mol. The van der Waals surface area contributed by atoms with Crippen molar-refractivity contribution in [3.63, 3.8) is 0 Å². The van der Waals surface area contributed by atoms with Crippen molar-refractivity contribution < 1.29 is 10.2 Å². The maximum Gasteiger partial charge on any atom is 0.143 e. The zero-order valence-corrected chi connectivity index (χ0v) is 17.6. The molecule has 7 heteroatoms. The molecule has 0 radical (unpaired) electrons. The molecule has 5 nitrogen and oxygen atoms in total. The molecular formula is C21H25Cl2N3O2. The van der Waals surface area contributed by atoms with Crippen molar-refractivity contribution >= 4 is 39.9 Å². The zero-order valence-electron chi connectivity index (χ0n) is 16.1. The van der Waals surface area contributed by atoms with Crippen molar-refractivity contribution in [2.24, 2.45) is 0 Å². The van der Waals surface area contributed by atoms with E-state index >= 15 is 0 Å². The number of aliphatic hydroxyl groups excluding tert-OH is 2. The number of rotatable bonds is 8. The third-order valence-corrected chi connectivity index (χ3v) is 5.48. The van der Waals surface area contributed by atoms with Gasteiger partial charge in [0.05, 0.1) is 16.7 Å². The van der Waals surface area contributed by atoms with Crippen LogP contribution in [0.25, 0.3) is 11.0 Å². The number of hydrogen-bond acceptors (Lipinski definition) is 4. The van der Waals surface area contributed by atoms with Crippen molar-refractivity contribution in [1.82, 2.24) is 9.55 Å². The molecule has 28 heavy (non-hydrogen) atoms. The van der Waals surface area contributed by atoms with Gasteiger partial charge in [-0.15, -0.1) is 0 Å². The summed E-state index contributed by atoms with van der Waals surface area (Å²) in [6, 6.07) is 11.0. The number of para-hydroxylation sites is 1. The van der Waals surface area contributed by atoms with Crippen LogP contribution < -0.4 is 4.90 Å². The highest BCUT2D eigenvalue weighted by Gasteiger charge is 2.24. The fourth-order valence-corrected chi connectivity index (χ4v) is 4.04. The molecule has 0 aliphatic heterocycles. The highest BCUT2D eigenvalue weighted by Crippen LogP contribution is 2.34. The van der Waals surface area contributed by atoms with Crippen LogP contribution in [-0.4, -0.2) is 39.5 Å². The molecular weight excluding hydrogens is 397 g/mol. The van der Waals surface area contributed by atoms with Crippen molar-refractivity contribution in [3.05, 3.63) is 57.8 Å². The van der Waals surface area contributed by atoms with Crippen molar-refractivity contribution in [1.29, 1.82) is 0 Å². The second-order valence-corrected chi connectivity index (χ2v) is 7.43. The van der Waals surface area contributed by atoms with Gasteiger partial charge in [0.2, 0.25) is 0 Å². The summed E-state index contributed by atoms with van der Waals surface area (Å²) in [7, 11) is 0. The second kappa shape index (κ2) is 9.14. The molecule has 0 amide bonds. The molecule has 3 aromatic rings. The van der Waals surface area contributed by atoms with Crippen molar-refractivity contribution in [2.45, 2.75) is 32.9 Å². The van der Waals surface area contributed by atoms with E-state index in [9.17, 15) is 10.2 Å². The Kier molecular flexibility index (Phi) is 6.83. The fraction of sp³-hybridized carbons (Fsp3) is 0.381. The highest BCUT2D eigenvalue weighted by atomic mass is 35.5. The molecule has 2 aromatic carbocycles. The van der Waals surface area contributed by atoms with Crippen LogP contribution in [0.15, 0.2) is 36.4 Å². The first kappa shape index (κ1) is 20.9. The minimum atomic E-state index is -1.000. The normalized spacial score (nSPS) is 12.5. The average molecular weight is 422 g/mol. The first-order chi connectivity index (χ1) is 13.5. The molecule has 3 rings (SSSR count). The van der Waals surface area contributed by atoms with Gasteiger partial charge < -0.3 is 19.7 Å². The molecule has 1 atom stereocenters. The first-order valence-corrected chi connectivity index (χ1v) is 10.2. The van der Waals surface area contributed by atoms with Crippen LogP contribution in [-0.2, 0) is 6.54 Å².